The minimum atomic E-state index is 0.0889. The number of ether oxygens (including phenoxy) is 1. The van der Waals surface area contributed by atoms with Crippen LogP contribution in [-0.4, -0.2) is 52.5 Å². The van der Waals surface area contributed by atoms with Crippen LogP contribution in [0.15, 0.2) is 29.3 Å². The Balaban J connectivity index is 1.65. The number of nitrogens with zero attached hydrogens (tertiary/aromatic N) is 4. The van der Waals surface area contributed by atoms with E-state index in [1.807, 2.05) is 17.9 Å². The number of likely N-dealkylation sites (N-methyl/N-ethyl adjacent to an activating group) is 1. The van der Waals surface area contributed by atoms with Crippen LogP contribution in [0.3, 0.4) is 0 Å². The van der Waals surface area contributed by atoms with Crippen LogP contribution in [0.1, 0.15) is 17.4 Å². The van der Waals surface area contributed by atoms with Crippen LogP contribution in [0.25, 0.3) is 0 Å². The number of oxazole rings is 1. The van der Waals surface area contributed by atoms with Crippen molar-refractivity contribution in [2.75, 3.05) is 26.7 Å². The summed E-state index contributed by atoms with van der Waals surface area (Å²) in [6.45, 7) is 3.11. The second-order valence-electron chi connectivity index (χ2n) is 5.33. The fourth-order valence-corrected chi connectivity index (χ4v) is 2.79. The van der Waals surface area contributed by atoms with Gasteiger partial charge in [0.1, 0.15) is 6.26 Å². The first kappa shape index (κ1) is 14.2. The molecule has 0 radical (unpaired) electrons. The standard InChI is InChI=1S/C14H21N5O2/c1-18-5-6-21-13(8-15-7-11-9-20-10-16-11)14(18)12-3-4-17-19(12)2/h3-4,9-10,13-15H,5-8H2,1-2H3/t13-,14-/m0/s1. The number of rotatable bonds is 5. The molecule has 3 rings (SSSR count). The summed E-state index contributed by atoms with van der Waals surface area (Å²) >= 11 is 0. The van der Waals surface area contributed by atoms with Crippen molar-refractivity contribution in [1.82, 2.24) is 25.0 Å². The van der Waals surface area contributed by atoms with E-state index in [9.17, 15) is 0 Å². The van der Waals surface area contributed by atoms with E-state index in [-0.39, 0.29) is 12.1 Å². The van der Waals surface area contributed by atoms with Gasteiger partial charge in [-0.3, -0.25) is 9.58 Å². The molecule has 3 heterocycles. The summed E-state index contributed by atoms with van der Waals surface area (Å²) in [5, 5.41) is 7.66. The van der Waals surface area contributed by atoms with Gasteiger partial charge in [0.05, 0.1) is 30.1 Å². The van der Waals surface area contributed by atoms with Crippen LogP contribution in [-0.2, 0) is 18.3 Å². The van der Waals surface area contributed by atoms with Gasteiger partial charge < -0.3 is 14.5 Å². The third-order valence-electron chi connectivity index (χ3n) is 3.90. The smallest absolute Gasteiger partial charge is 0.180 e. The molecule has 0 aliphatic carbocycles. The zero-order valence-electron chi connectivity index (χ0n) is 12.4. The lowest BCUT2D eigenvalue weighted by Gasteiger charge is -2.39. The van der Waals surface area contributed by atoms with Crippen molar-refractivity contribution in [1.29, 1.82) is 0 Å². The number of morpholine rings is 1. The lowest BCUT2D eigenvalue weighted by atomic mass is 10.0. The van der Waals surface area contributed by atoms with Crippen LogP contribution >= 0.6 is 0 Å². The van der Waals surface area contributed by atoms with E-state index < -0.39 is 0 Å². The molecule has 2 aromatic heterocycles. The minimum absolute atomic E-state index is 0.0889. The Hall–Kier alpha value is -1.70. The zero-order valence-corrected chi connectivity index (χ0v) is 12.4. The van der Waals surface area contributed by atoms with Gasteiger partial charge in [0.25, 0.3) is 0 Å². The normalized spacial score (nSPS) is 23.5. The highest BCUT2D eigenvalue weighted by Crippen LogP contribution is 2.27. The van der Waals surface area contributed by atoms with Crippen molar-refractivity contribution >= 4 is 0 Å². The fraction of sp³-hybridized carbons (Fsp3) is 0.571. The second-order valence-corrected chi connectivity index (χ2v) is 5.33. The Kier molecular flexibility index (Phi) is 4.33. The van der Waals surface area contributed by atoms with E-state index in [0.29, 0.717) is 6.54 Å². The molecular formula is C14H21N5O2. The summed E-state index contributed by atoms with van der Waals surface area (Å²) in [4.78, 5) is 6.42. The van der Waals surface area contributed by atoms with Gasteiger partial charge in [-0.2, -0.15) is 5.10 Å². The molecule has 1 fully saturated rings. The Morgan fingerprint density at radius 3 is 3.05 bits per heavy atom. The molecule has 1 aliphatic rings. The van der Waals surface area contributed by atoms with E-state index in [4.69, 9.17) is 9.15 Å². The third-order valence-corrected chi connectivity index (χ3v) is 3.90. The number of hydrogen-bond donors (Lipinski definition) is 1. The van der Waals surface area contributed by atoms with Gasteiger partial charge in [-0.25, -0.2) is 4.98 Å². The fourth-order valence-electron chi connectivity index (χ4n) is 2.79. The van der Waals surface area contributed by atoms with Gasteiger partial charge in [-0.1, -0.05) is 0 Å². The maximum Gasteiger partial charge on any atom is 0.180 e. The molecule has 0 saturated carbocycles. The number of aromatic nitrogens is 3. The maximum absolute atomic E-state index is 5.97. The lowest BCUT2D eigenvalue weighted by Crippen LogP contribution is -2.48. The Morgan fingerprint density at radius 1 is 1.43 bits per heavy atom. The van der Waals surface area contributed by atoms with E-state index >= 15 is 0 Å². The van der Waals surface area contributed by atoms with Crippen molar-refractivity contribution in [2.45, 2.75) is 18.7 Å². The molecule has 2 aromatic rings. The third kappa shape index (κ3) is 3.15. The number of aryl methyl sites for hydroxylation is 1. The molecule has 1 aliphatic heterocycles. The van der Waals surface area contributed by atoms with E-state index in [2.05, 4.69) is 33.4 Å². The molecular weight excluding hydrogens is 270 g/mol. The van der Waals surface area contributed by atoms with Gasteiger partial charge >= 0.3 is 0 Å². The van der Waals surface area contributed by atoms with Crippen molar-refractivity contribution < 1.29 is 9.15 Å². The highest BCUT2D eigenvalue weighted by molar-refractivity contribution is 5.10. The van der Waals surface area contributed by atoms with Gasteiger partial charge in [-0.05, 0) is 13.1 Å². The number of nitrogens with one attached hydrogen (secondary N) is 1. The molecule has 21 heavy (non-hydrogen) atoms. The minimum Gasteiger partial charge on any atom is -0.451 e. The molecule has 2 atom stereocenters. The molecule has 114 valence electrons. The first-order valence-electron chi connectivity index (χ1n) is 7.13. The molecule has 1 saturated heterocycles. The molecule has 0 unspecified atom stereocenters. The highest BCUT2D eigenvalue weighted by atomic mass is 16.5. The topological polar surface area (TPSA) is 68.3 Å². The predicted octanol–water partition coefficient (Wildman–Crippen LogP) is 0.570. The summed E-state index contributed by atoms with van der Waals surface area (Å²) in [5.74, 6) is 0. The van der Waals surface area contributed by atoms with E-state index in [1.165, 1.54) is 12.1 Å². The molecule has 0 bridgehead atoms. The second kappa shape index (κ2) is 6.38. The van der Waals surface area contributed by atoms with Gasteiger partial charge in [0.15, 0.2) is 6.39 Å². The largest absolute Gasteiger partial charge is 0.451 e. The molecule has 0 amide bonds. The van der Waals surface area contributed by atoms with Crippen molar-refractivity contribution in [2.24, 2.45) is 7.05 Å². The van der Waals surface area contributed by atoms with Crippen LogP contribution in [0.5, 0.6) is 0 Å². The SMILES string of the molecule is CN1CCO[C@@H](CNCc2cocn2)[C@@H]1c1ccnn1C. The molecule has 0 spiro atoms. The summed E-state index contributed by atoms with van der Waals surface area (Å²) in [6.07, 6.45) is 5.02. The summed E-state index contributed by atoms with van der Waals surface area (Å²) in [5.41, 5.74) is 2.07. The van der Waals surface area contributed by atoms with Gasteiger partial charge in [0, 0.05) is 32.9 Å². The van der Waals surface area contributed by atoms with Gasteiger partial charge in [-0.15, -0.1) is 0 Å². The van der Waals surface area contributed by atoms with Crippen LogP contribution in [0.2, 0.25) is 0 Å². The summed E-state index contributed by atoms with van der Waals surface area (Å²) in [7, 11) is 4.10. The lowest BCUT2D eigenvalue weighted by molar-refractivity contribution is -0.0639. The predicted molar refractivity (Wildman–Crippen MR) is 76.5 cm³/mol. The average molecular weight is 291 g/mol. The Morgan fingerprint density at radius 2 is 2.33 bits per heavy atom. The van der Waals surface area contributed by atoms with E-state index in [1.54, 1.807) is 6.26 Å². The first-order chi connectivity index (χ1) is 10.3. The van der Waals surface area contributed by atoms with Crippen molar-refractivity contribution in [3.8, 4) is 0 Å². The van der Waals surface area contributed by atoms with Crippen LogP contribution in [0.4, 0.5) is 0 Å². The monoisotopic (exact) mass is 291 g/mol. The average Bonchev–Trinajstić information content (AvgIpc) is 3.11. The Bertz CT molecular complexity index is 553. The van der Waals surface area contributed by atoms with Gasteiger partial charge in [0.2, 0.25) is 0 Å². The molecule has 7 heteroatoms. The number of hydrogen-bond acceptors (Lipinski definition) is 6. The van der Waals surface area contributed by atoms with Crippen molar-refractivity contribution in [3.05, 3.63) is 36.3 Å². The van der Waals surface area contributed by atoms with Crippen LogP contribution < -0.4 is 5.32 Å². The maximum atomic E-state index is 5.97. The van der Waals surface area contributed by atoms with E-state index in [0.717, 1.165) is 25.4 Å². The zero-order chi connectivity index (χ0) is 14.7. The first-order valence-corrected chi connectivity index (χ1v) is 7.13. The quantitative estimate of drug-likeness (QED) is 0.868. The van der Waals surface area contributed by atoms with Crippen LogP contribution in [0, 0.1) is 0 Å². The summed E-state index contributed by atoms with van der Waals surface area (Å²) < 4.78 is 12.9. The Labute approximate surface area is 123 Å². The molecule has 0 aromatic carbocycles. The summed E-state index contributed by atoms with van der Waals surface area (Å²) in [6, 6.07) is 2.26. The molecule has 7 nitrogen and oxygen atoms in total. The van der Waals surface area contributed by atoms with Crippen molar-refractivity contribution in [3.63, 3.8) is 0 Å². The highest BCUT2D eigenvalue weighted by Gasteiger charge is 2.33. The molecule has 1 N–H and O–H groups in total.